The molecule has 246 valence electrons. The summed E-state index contributed by atoms with van der Waals surface area (Å²) in [4.78, 5) is 68.0. The van der Waals surface area contributed by atoms with Crippen molar-refractivity contribution in [3.63, 3.8) is 0 Å². The van der Waals surface area contributed by atoms with Crippen molar-refractivity contribution < 1.29 is 33.6 Å². The molecule has 2 aromatic rings. The molecule has 2 fully saturated rings. The van der Waals surface area contributed by atoms with Gasteiger partial charge in [0.1, 0.15) is 35.8 Å². The largest absolute Gasteiger partial charge is 0.453 e. The zero-order valence-corrected chi connectivity index (χ0v) is 27.2. The number of hydrogen-bond donors (Lipinski definition) is 4. The predicted octanol–water partition coefficient (Wildman–Crippen LogP) is 2.04. The molecule has 46 heavy (non-hydrogen) atoms. The Labute approximate surface area is 268 Å². The van der Waals surface area contributed by atoms with E-state index in [-0.39, 0.29) is 35.7 Å². The van der Waals surface area contributed by atoms with Crippen LogP contribution >= 0.6 is 0 Å². The molecule has 0 aromatic carbocycles. The van der Waals surface area contributed by atoms with Crippen molar-refractivity contribution in [2.75, 3.05) is 27.3 Å². The molecular formula is C32H43N8O6+. The summed E-state index contributed by atoms with van der Waals surface area (Å²) < 4.78 is 9.41. The first-order valence-corrected chi connectivity index (χ1v) is 15.5. The number of imidazole rings is 2. The molecule has 4 rings (SSSR count). The molecule has 2 aliphatic heterocycles. The number of nitrogens with one attached hydrogen (secondary N) is 5. The number of likely N-dealkylation sites (tertiary alicyclic amines) is 2. The van der Waals surface area contributed by atoms with Crippen molar-refractivity contribution in [3.8, 4) is 23.7 Å². The number of alkyl carbamates (subject to hydrolysis) is 2. The van der Waals surface area contributed by atoms with Gasteiger partial charge in [0.25, 0.3) is 5.82 Å². The van der Waals surface area contributed by atoms with Gasteiger partial charge in [-0.05, 0) is 61.2 Å². The third-order valence-electron chi connectivity index (χ3n) is 8.20. The van der Waals surface area contributed by atoms with E-state index < -0.39 is 24.3 Å². The number of rotatable bonds is 8. The van der Waals surface area contributed by atoms with E-state index in [1.165, 1.54) is 14.2 Å². The van der Waals surface area contributed by atoms with Gasteiger partial charge in [0.2, 0.25) is 17.5 Å². The lowest BCUT2D eigenvalue weighted by atomic mass is 10.0. The highest BCUT2D eigenvalue weighted by molar-refractivity contribution is 5.87. The normalized spacial score (nSPS) is 18.7. The smallest absolute Gasteiger partial charge is 0.407 e. The first-order valence-electron chi connectivity index (χ1n) is 15.5. The van der Waals surface area contributed by atoms with Crippen molar-refractivity contribution >= 4 is 24.0 Å². The third kappa shape index (κ3) is 7.99. The van der Waals surface area contributed by atoms with Gasteiger partial charge < -0.3 is 34.9 Å². The third-order valence-corrected chi connectivity index (χ3v) is 8.20. The van der Waals surface area contributed by atoms with E-state index in [2.05, 4.69) is 54.3 Å². The number of nitrogens with zero attached hydrogens (tertiary/aromatic N) is 3. The minimum Gasteiger partial charge on any atom is -0.453 e. The van der Waals surface area contributed by atoms with Crippen LogP contribution in [0, 0.1) is 35.5 Å². The summed E-state index contributed by atoms with van der Waals surface area (Å²) >= 11 is 0. The van der Waals surface area contributed by atoms with Gasteiger partial charge in [0.15, 0.2) is 0 Å². The lowest BCUT2D eigenvalue weighted by molar-refractivity contribution is -0.393. The molecule has 4 atom stereocenters. The van der Waals surface area contributed by atoms with Crippen LogP contribution in [0.5, 0.6) is 0 Å². The Balaban J connectivity index is 1.40. The van der Waals surface area contributed by atoms with E-state index in [0.717, 1.165) is 31.5 Å². The topological polar surface area (TPSA) is 176 Å². The van der Waals surface area contributed by atoms with E-state index >= 15 is 0 Å². The van der Waals surface area contributed by atoms with Crippen LogP contribution in [0.25, 0.3) is 0 Å². The maximum atomic E-state index is 13.4. The molecule has 0 bridgehead atoms. The molecule has 0 spiro atoms. The summed E-state index contributed by atoms with van der Waals surface area (Å²) in [5.74, 6) is 12.4. The highest BCUT2D eigenvalue weighted by atomic mass is 16.5. The van der Waals surface area contributed by atoms with Crippen LogP contribution in [0.2, 0.25) is 0 Å². The van der Waals surface area contributed by atoms with Gasteiger partial charge in [-0.2, -0.15) is 0 Å². The number of methoxy groups -OCH3 is 2. The maximum Gasteiger partial charge on any atom is 0.407 e. The molecule has 2 aliphatic rings. The SMILES string of the molecule is COC(=O)N[C@H](C(=O)N1CCC[C@H]1c1ncc(C#CC#Cc2c[nH+]c([C@@H]3CCCN3C(=O)[C@@H](NC(=O)OC)C(C)C)[nH]2)[nH]1)C(C)C. The number of carbonyl (C=O) groups is 4. The van der Waals surface area contributed by atoms with Crippen molar-refractivity contribution in [2.45, 2.75) is 77.5 Å². The summed E-state index contributed by atoms with van der Waals surface area (Å²) in [5.41, 5.74) is 1.18. The van der Waals surface area contributed by atoms with Crippen molar-refractivity contribution in [1.82, 2.24) is 35.4 Å². The molecule has 4 heterocycles. The average molecular weight is 636 g/mol. The number of ether oxygens (including phenoxy) is 2. The van der Waals surface area contributed by atoms with Gasteiger partial charge >= 0.3 is 12.2 Å². The maximum absolute atomic E-state index is 13.4. The van der Waals surface area contributed by atoms with Crippen LogP contribution in [0.4, 0.5) is 9.59 Å². The number of amides is 4. The number of hydrogen-bond acceptors (Lipinski definition) is 7. The fraction of sp³-hybridized carbons (Fsp3) is 0.562. The van der Waals surface area contributed by atoms with Crippen LogP contribution in [0.15, 0.2) is 12.4 Å². The number of aromatic nitrogens is 4. The highest BCUT2D eigenvalue weighted by Crippen LogP contribution is 2.32. The van der Waals surface area contributed by atoms with E-state index in [1.54, 1.807) is 22.2 Å². The second kappa shape index (κ2) is 15.3. The number of carbonyl (C=O) groups excluding carboxylic acids is 4. The Morgan fingerprint density at radius 3 is 1.91 bits per heavy atom. The quantitative estimate of drug-likeness (QED) is 0.321. The molecular weight excluding hydrogens is 592 g/mol. The van der Waals surface area contributed by atoms with Crippen LogP contribution in [0.3, 0.4) is 0 Å². The van der Waals surface area contributed by atoms with Gasteiger partial charge in [-0.1, -0.05) is 27.7 Å². The van der Waals surface area contributed by atoms with Crippen LogP contribution < -0.4 is 15.6 Å². The first-order chi connectivity index (χ1) is 22.0. The van der Waals surface area contributed by atoms with Gasteiger partial charge in [0, 0.05) is 13.1 Å². The Hall–Kier alpha value is -4.98. The van der Waals surface area contributed by atoms with Crippen LogP contribution in [-0.4, -0.2) is 88.1 Å². The summed E-state index contributed by atoms with van der Waals surface area (Å²) in [6.07, 6.45) is 5.22. The minimum atomic E-state index is -0.707. The monoisotopic (exact) mass is 635 g/mol. The minimum absolute atomic E-state index is 0.112. The van der Waals surface area contributed by atoms with E-state index in [1.807, 2.05) is 27.7 Å². The molecule has 0 saturated carbocycles. The Kier molecular flexibility index (Phi) is 11.3. The first kappa shape index (κ1) is 33.9. The van der Waals surface area contributed by atoms with E-state index in [9.17, 15) is 19.2 Å². The second-order valence-corrected chi connectivity index (χ2v) is 12.0. The second-order valence-electron chi connectivity index (χ2n) is 12.0. The highest BCUT2D eigenvalue weighted by Gasteiger charge is 2.40. The molecule has 14 nitrogen and oxygen atoms in total. The molecule has 5 N–H and O–H groups in total. The standard InChI is InChI=1S/C32H42N8O6/c1-19(2)25(37-31(43)45-5)29(41)39-15-9-13-23(39)27-33-17-21(35-27)11-7-8-12-22-18-34-28(36-22)24-14-10-16-40(24)30(42)26(20(3)4)38-32(44)46-6/h17-20,23-26H,9-10,13-16H2,1-6H3,(H,33,35)(H,34,36)(H,37,43)(H,38,44)/p+1/t23-,24-,25-,26-/m0/s1. The molecule has 2 saturated heterocycles. The van der Waals surface area contributed by atoms with Gasteiger partial charge in [-0.15, -0.1) is 0 Å². The zero-order valence-electron chi connectivity index (χ0n) is 27.2. The summed E-state index contributed by atoms with van der Waals surface area (Å²) in [7, 11) is 2.54. The van der Waals surface area contributed by atoms with Crippen molar-refractivity contribution in [3.05, 3.63) is 35.4 Å². The number of aromatic amines is 3. The Morgan fingerprint density at radius 1 is 0.848 bits per heavy atom. The molecule has 4 amide bonds. The van der Waals surface area contributed by atoms with Crippen LogP contribution in [0.1, 0.15) is 88.5 Å². The number of H-pyrrole nitrogens is 3. The van der Waals surface area contributed by atoms with Crippen molar-refractivity contribution in [1.29, 1.82) is 0 Å². The zero-order chi connectivity index (χ0) is 33.4. The fourth-order valence-electron chi connectivity index (χ4n) is 5.78. The predicted molar refractivity (Wildman–Crippen MR) is 165 cm³/mol. The molecule has 14 heteroatoms. The molecule has 0 unspecified atom stereocenters. The van der Waals surface area contributed by atoms with E-state index in [4.69, 9.17) is 9.47 Å². The van der Waals surface area contributed by atoms with Gasteiger partial charge in [-0.3, -0.25) is 9.59 Å². The lowest BCUT2D eigenvalue weighted by Gasteiger charge is -2.29. The summed E-state index contributed by atoms with van der Waals surface area (Å²) in [5, 5.41) is 5.30. The molecule has 2 aromatic heterocycles. The van der Waals surface area contributed by atoms with Gasteiger partial charge in [-0.25, -0.2) is 24.5 Å². The Bertz CT molecular complexity index is 1430. The van der Waals surface area contributed by atoms with Crippen LogP contribution in [-0.2, 0) is 19.1 Å². The van der Waals surface area contributed by atoms with E-state index in [0.29, 0.717) is 30.3 Å². The summed E-state index contributed by atoms with van der Waals surface area (Å²) in [6.45, 7) is 8.64. The lowest BCUT2D eigenvalue weighted by Crippen LogP contribution is -2.51. The average Bonchev–Trinajstić information content (AvgIpc) is 3.86. The fourth-order valence-corrected chi connectivity index (χ4v) is 5.78. The van der Waals surface area contributed by atoms with Gasteiger partial charge in [0.05, 0.1) is 26.5 Å². The van der Waals surface area contributed by atoms with Crippen molar-refractivity contribution in [2.24, 2.45) is 11.8 Å². The Morgan fingerprint density at radius 2 is 1.37 bits per heavy atom. The molecule has 0 aliphatic carbocycles. The molecule has 0 radical (unpaired) electrons. The summed E-state index contributed by atoms with van der Waals surface area (Å²) in [6, 6.07) is -1.86.